The number of rotatable bonds is 5. The first-order valence-corrected chi connectivity index (χ1v) is 8.03. The first-order chi connectivity index (χ1) is 11.1. The van der Waals surface area contributed by atoms with E-state index in [1.807, 2.05) is 9.80 Å². The fraction of sp³-hybridized carbons (Fsp3) is 0.562. The number of halogens is 1. The summed E-state index contributed by atoms with van der Waals surface area (Å²) in [5.41, 5.74) is -0.422. The van der Waals surface area contributed by atoms with E-state index >= 15 is 0 Å². The third kappa shape index (κ3) is 3.43. The molecular weight excluding hydrogens is 299 g/mol. The molecule has 2 heterocycles. The minimum absolute atomic E-state index is 0.0813. The summed E-state index contributed by atoms with van der Waals surface area (Å²) in [5, 5.41) is 0. The van der Waals surface area contributed by atoms with Crippen LogP contribution in [0.2, 0.25) is 0 Å². The number of piperazine rings is 1. The van der Waals surface area contributed by atoms with Crippen LogP contribution in [0.4, 0.5) is 10.3 Å². The number of carbonyl (C=O) groups is 1. The van der Waals surface area contributed by atoms with Gasteiger partial charge in [-0.2, -0.15) is 4.39 Å². The minimum atomic E-state index is -0.755. The van der Waals surface area contributed by atoms with Crippen molar-refractivity contribution in [2.45, 2.75) is 31.6 Å². The Labute approximate surface area is 134 Å². The normalized spacial score (nSPS) is 18.1. The Hall–Kier alpha value is -2.18. The van der Waals surface area contributed by atoms with Crippen molar-refractivity contribution in [3.8, 4) is 0 Å². The van der Waals surface area contributed by atoms with Gasteiger partial charge in [0.25, 0.3) is 5.56 Å². The van der Waals surface area contributed by atoms with Crippen molar-refractivity contribution in [1.29, 1.82) is 0 Å². The molecule has 6 nitrogen and oxygen atoms in total. The van der Waals surface area contributed by atoms with Crippen LogP contribution in [0, 0.1) is 5.82 Å². The quantitative estimate of drug-likeness (QED) is 0.833. The van der Waals surface area contributed by atoms with Crippen LogP contribution in [0.5, 0.6) is 0 Å². The van der Waals surface area contributed by atoms with Gasteiger partial charge < -0.3 is 9.80 Å². The molecule has 0 unspecified atom stereocenters. The average molecular weight is 320 g/mol. The van der Waals surface area contributed by atoms with Gasteiger partial charge in [-0.15, -0.1) is 6.58 Å². The maximum Gasteiger partial charge on any atom is 0.288 e. The lowest BCUT2D eigenvalue weighted by atomic mass is 10.2. The van der Waals surface area contributed by atoms with Crippen LogP contribution < -0.4 is 10.5 Å². The largest absolute Gasteiger partial charge is 0.339 e. The number of anilines is 1. The molecule has 0 radical (unpaired) electrons. The molecule has 2 fully saturated rings. The number of aromatic nitrogens is 2. The Morgan fingerprint density at radius 3 is 2.65 bits per heavy atom. The molecule has 2 aliphatic rings. The summed E-state index contributed by atoms with van der Waals surface area (Å²) >= 11 is 0. The highest BCUT2D eigenvalue weighted by molar-refractivity contribution is 5.76. The van der Waals surface area contributed by atoms with Crippen LogP contribution in [-0.4, -0.2) is 47.0 Å². The fourth-order valence-electron chi connectivity index (χ4n) is 2.79. The monoisotopic (exact) mass is 320 g/mol. The van der Waals surface area contributed by atoms with Gasteiger partial charge in [0.1, 0.15) is 0 Å². The second kappa shape index (κ2) is 6.52. The Bertz CT molecular complexity index is 661. The molecule has 7 heteroatoms. The van der Waals surface area contributed by atoms with E-state index in [1.54, 1.807) is 6.08 Å². The van der Waals surface area contributed by atoms with Gasteiger partial charge in [-0.1, -0.05) is 6.08 Å². The summed E-state index contributed by atoms with van der Waals surface area (Å²) in [6, 6.07) is 0. The summed E-state index contributed by atoms with van der Waals surface area (Å²) in [4.78, 5) is 34.3. The van der Waals surface area contributed by atoms with E-state index in [0.29, 0.717) is 45.0 Å². The van der Waals surface area contributed by atoms with Crippen LogP contribution in [0.15, 0.2) is 17.4 Å². The lowest BCUT2D eigenvalue weighted by molar-refractivity contribution is -0.131. The molecule has 0 spiro atoms. The molecule has 1 aromatic heterocycles. The van der Waals surface area contributed by atoms with Crippen molar-refractivity contribution < 1.29 is 9.18 Å². The lowest BCUT2D eigenvalue weighted by Gasteiger charge is -2.35. The number of allylic oxidation sites excluding steroid dienone is 1. The van der Waals surface area contributed by atoms with Gasteiger partial charge in [0.05, 0.1) is 5.69 Å². The number of amides is 1. The maximum atomic E-state index is 13.8. The van der Waals surface area contributed by atoms with E-state index in [2.05, 4.69) is 16.5 Å². The average Bonchev–Trinajstić information content (AvgIpc) is 3.40. The maximum absolute atomic E-state index is 13.8. The van der Waals surface area contributed by atoms with E-state index in [1.165, 1.54) is 0 Å². The summed E-state index contributed by atoms with van der Waals surface area (Å²) in [7, 11) is 0. The lowest BCUT2D eigenvalue weighted by Crippen LogP contribution is -2.49. The van der Waals surface area contributed by atoms with E-state index in [-0.39, 0.29) is 17.5 Å². The molecule has 1 N–H and O–H groups in total. The smallest absolute Gasteiger partial charge is 0.288 e. The molecular formula is C16H21FN4O2. The molecule has 3 rings (SSSR count). The molecule has 1 aliphatic heterocycles. The molecule has 23 heavy (non-hydrogen) atoms. The molecule has 0 aromatic carbocycles. The van der Waals surface area contributed by atoms with Crippen molar-refractivity contribution in [3.63, 3.8) is 0 Å². The van der Waals surface area contributed by atoms with Crippen molar-refractivity contribution in [1.82, 2.24) is 14.9 Å². The van der Waals surface area contributed by atoms with Crippen LogP contribution in [0.1, 0.15) is 37.3 Å². The van der Waals surface area contributed by atoms with Gasteiger partial charge in [-0.25, -0.2) is 4.98 Å². The van der Waals surface area contributed by atoms with Crippen LogP contribution >= 0.6 is 0 Å². The zero-order valence-electron chi connectivity index (χ0n) is 13.1. The zero-order chi connectivity index (χ0) is 16.4. The molecule has 1 amide bonds. The van der Waals surface area contributed by atoms with Gasteiger partial charge in [-0.05, 0) is 19.3 Å². The first-order valence-electron chi connectivity index (χ1n) is 8.03. The predicted molar refractivity (Wildman–Crippen MR) is 85.0 cm³/mol. The second-order valence-corrected chi connectivity index (χ2v) is 6.06. The SMILES string of the molecule is C=CCCC(=O)N1CCN(c2nc(C3CC3)c(F)c(=O)[nH]2)CC1. The number of hydrogen-bond donors (Lipinski definition) is 1. The standard InChI is InChI=1S/C16H21FN4O2/c1-2-3-4-12(22)20-7-9-21(10-8-20)16-18-14(11-5-6-11)13(17)15(23)19-16/h2,11H,1,3-10H2,(H,18,19,23). The topological polar surface area (TPSA) is 69.3 Å². The van der Waals surface area contributed by atoms with Crippen LogP contribution in [0.3, 0.4) is 0 Å². The molecule has 0 bridgehead atoms. The van der Waals surface area contributed by atoms with Crippen molar-refractivity contribution in [2.24, 2.45) is 0 Å². The van der Waals surface area contributed by atoms with E-state index in [4.69, 9.17) is 0 Å². The van der Waals surface area contributed by atoms with E-state index < -0.39 is 11.4 Å². The fourth-order valence-corrected chi connectivity index (χ4v) is 2.79. The van der Waals surface area contributed by atoms with Gasteiger partial charge >= 0.3 is 0 Å². The van der Waals surface area contributed by atoms with E-state index in [0.717, 1.165) is 12.8 Å². The van der Waals surface area contributed by atoms with Crippen molar-refractivity contribution >= 4 is 11.9 Å². The Morgan fingerprint density at radius 2 is 2.04 bits per heavy atom. The first kappa shape index (κ1) is 15.7. The highest BCUT2D eigenvalue weighted by atomic mass is 19.1. The molecule has 1 aromatic rings. The number of aromatic amines is 1. The molecule has 1 saturated heterocycles. The predicted octanol–water partition coefficient (Wildman–Crippen LogP) is 1.40. The highest BCUT2D eigenvalue weighted by Gasteiger charge is 2.31. The Morgan fingerprint density at radius 1 is 1.35 bits per heavy atom. The summed E-state index contributed by atoms with van der Waals surface area (Å²) in [5.74, 6) is -0.146. The van der Waals surface area contributed by atoms with Gasteiger partial charge in [0.15, 0.2) is 0 Å². The van der Waals surface area contributed by atoms with Crippen molar-refractivity contribution in [3.05, 3.63) is 34.5 Å². The Kier molecular flexibility index (Phi) is 4.45. The number of hydrogen-bond acceptors (Lipinski definition) is 4. The minimum Gasteiger partial charge on any atom is -0.339 e. The molecule has 1 aliphatic carbocycles. The Balaban J connectivity index is 1.67. The van der Waals surface area contributed by atoms with Crippen LogP contribution in [-0.2, 0) is 4.79 Å². The summed E-state index contributed by atoms with van der Waals surface area (Å²) in [6.45, 7) is 5.94. The highest BCUT2D eigenvalue weighted by Crippen LogP contribution is 2.39. The van der Waals surface area contributed by atoms with Gasteiger partial charge in [0, 0.05) is 38.5 Å². The molecule has 124 valence electrons. The summed E-state index contributed by atoms with van der Waals surface area (Å²) in [6.07, 6.45) is 4.66. The molecule has 0 atom stereocenters. The second-order valence-electron chi connectivity index (χ2n) is 6.06. The number of H-pyrrole nitrogens is 1. The van der Waals surface area contributed by atoms with Gasteiger partial charge in [-0.3, -0.25) is 14.6 Å². The van der Waals surface area contributed by atoms with Crippen LogP contribution in [0.25, 0.3) is 0 Å². The van der Waals surface area contributed by atoms with E-state index in [9.17, 15) is 14.0 Å². The third-order valence-corrected chi connectivity index (χ3v) is 4.33. The third-order valence-electron chi connectivity index (χ3n) is 4.33. The number of carbonyl (C=O) groups excluding carboxylic acids is 1. The number of nitrogens with one attached hydrogen (secondary N) is 1. The number of nitrogens with zero attached hydrogens (tertiary/aromatic N) is 3. The molecule has 1 saturated carbocycles. The zero-order valence-corrected chi connectivity index (χ0v) is 13.1. The summed E-state index contributed by atoms with van der Waals surface area (Å²) < 4.78 is 13.8. The van der Waals surface area contributed by atoms with Gasteiger partial charge in [0.2, 0.25) is 17.7 Å². The van der Waals surface area contributed by atoms with Crippen molar-refractivity contribution in [2.75, 3.05) is 31.1 Å².